The molecule has 4 heteroatoms. The second-order valence-corrected chi connectivity index (χ2v) is 5.36. The molecule has 0 heterocycles. The lowest BCUT2D eigenvalue weighted by Crippen LogP contribution is -2.21. The quantitative estimate of drug-likeness (QED) is 0.863. The van der Waals surface area contributed by atoms with Crippen molar-refractivity contribution >= 4 is 11.6 Å². The summed E-state index contributed by atoms with van der Waals surface area (Å²) in [7, 11) is 1.67. The highest BCUT2D eigenvalue weighted by Crippen LogP contribution is 2.25. The molecule has 2 atom stereocenters. The summed E-state index contributed by atoms with van der Waals surface area (Å²) >= 11 is 5.98. The van der Waals surface area contributed by atoms with Crippen molar-refractivity contribution in [2.75, 3.05) is 13.7 Å². The first-order valence-electron chi connectivity index (χ1n) is 6.40. The maximum Gasteiger partial charge on any atom is 0.123 e. The summed E-state index contributed by atoms with van der Waals surface area (Å²) in [6.45, 7) is 1.68. The highest BCUT2D eigenvalue weighted by Gasteiger charge is 2.22. The van der Waals surface area contributed by atoms with Crippen LogP contribution in [0.15, 0.2) is 18.2 Å². The van der Waals surface area contributed by atoms with E-state index in [0.717, 1.165) is 48.7 Å². The maximum atomic E-state index is 9.47. The van der Waals surface area contributed by atoms with E-state index in [4.69, 9.17) is 16.3 Å². The first kappa shape index (κ1) is 13.7. The molecular formula is C14H20ClNO2. The standard InChI is InChI=1S/C14H20ClNO2/c1-18-14-5-3-12(15)7-11(14)9-16-8-10-2-4-13(17)6-10/h3,5,7,10,13,16-17H,2,4,6,8-9H2,1H3. The van der Waals surface area contributed by atoms with Gasteiger partial charge in [0.05, 0.1) is 13.2 Å². The van der Waals surface area contributed by atoms with Crippen LogP contribution in [0.5, 0.6) is 5.75 Å². The Morgan fingerprint density at radius 1 is 1.44 bits per heavy atom. The topological polar surface area (TPSA) is 41.5 Å². The van der Waals surface area contributed by atoms with Crippen LogP contribution in [0.2, 0.25) is 5.02 Å². The molecule has 2 N–H and O–H groups in total. The van der Waals surface area contributed by atoms with Crippen molar-refractivity contribution in [2.24, 2.45) is 5.92 Å². The molecule has 0 saturated heterocycles. The summed E-state index contributed by atoms with van der Waals surface area (Å²) in [6, 6.07) is 5.65. The number of halogens is 1. The highest BCUT2D eigenvalue weighted by atomic mass is 35.5. The lowest BCUT2D eigenvalue weighted by Gasteiger charge is -2.13. The number of nitrogens with one attached hydrogen (secondary N) is 1. The van der Waals surface area contributed by atoms with Gasteiger partial charge in [-0.3, -0.25) is 0 Å². The lowest BCUT2D eigenvalue weighted by atomic mass is 10.1. The van der Waals surface area contributed by atoms with E-state index in [1.807, 2.05) is 18.2 Å². The number of aliphatic hydroxyl groups is 1. The second kappa shape index (κ2) is 6.41. The van der Waals surface area contributed by atoms with E-state index in [9.17, 15) is 5.11 Å². The molecule has 1 aromatic carbocycles. The molecule has 0 spiro atoms. The van der Waals surface area contributed by atoms with E-state index in [1.54, 1.807) is 7.11 Å². The van der Waals surface area contributed by atoms with Gasteiger partial charge in [-0.15, -0.1) is 0 Å². The monoisotopic (exact) mass is 269 g/mol. The van der Waals surface area contributed by atoms with Gasteiger partial charge >= 0.3 is 0 Å². The van der Waals surface area contributed by atoms with E-state index in [1.165, 1.54) is 0 Å². The average molecular weight is 270 g/mol. The van der Waals surface area contributed by atoms with Crippen LogP contribution >= 0.6 is 11.6 Å². The smallest absolute Gasteiger partial charge is 0.123 e. The molecule has 100 valence electrons. The van der Waals surface area contributed by atoms with Crippen molar-refractivity contribution < 1.29 is 9.84 Å². The third kappa shape index (κ3) is 3.61. The summed E-state index contributed by atoms with van der Waals surface area (Å²) < 4.78 is 5.30. The molecule has 2 rings (SSSR count). The van der Waals surface area contributed by atoms with Crippen molar-refractivity contribution in [1.29, 1.82) is 0 Å². The van der Waals surface area contributed by atoms with E-state index >= 15 is 0 Å². The summed E-state index contributed by atoms with van der Waals surface area (Å²) in [6.07, 6.45) is 2.87. The maximum absolute atomic E-state index is 9.47. The fourth-order valence-corrected chi connectivity index (χ4v) is 2.72. The van der Waals surface area contributed by atoms with Gasteiger partial charge in [0.15, 0.2) is 0 Å². The Labute approximate surface area is 113 Å². The van der Waals surface area contributed by atoms with E-state index in [2.05, 4.69) is 5.32 Å². The normalized spacial score (nSPS) is 23.3. The Balaban J connectivity index is 1.84. The molecular weight excluding hydrogens is 250 g/mol. The second-order valence-electron chi connectivity index (χ2n) is 4.92. The molecule has 2 unspecified atom stereocenters. The van der Waals surface area contributed by atoms with Gasteiger partial charge in [-0.1, -0.05) is 11.6 Å². The first-order chi connectivity index (χ1) is 8.69. The van der Waals surface area contributed by atoms with Crippen molar-refractivity contribution in [3.05, 3.63) is 28.8 Å². The summed E-state index contributed by atoms with van der Waals surface area (Å²) in [5.74, 6) is 1.45. The number of hydrogen-bond donors (Lipinski definition) is 2. The average Bonchev–Trinajstić information content (AvgIpc) is 2.75. The molecule has 1 aromatic rings. The minimum atomic E-state index is -0.0995. The van der Waals surface area contributed by atoms with E-state index < -0.39 is 0 Å². The van der Waals surface area contributed by atoms with Gasteiger partial charge in [0.25, 0.3) is 0 Å². The van der Waals surface area contributed by atoms with Crippen LogP contribution in [0.3, 0.4) is 0 Å². The van der Waals surface area contributed by atoms with Gasteiger partial charge in [0.2, 0.25) is 0 Å². The number of methoxy groups -OCH3 is 1. The van der Waals surface area contributed by atoms with E-state index in [0.29, 0.717) is 5.92 Å². The SMILES string of the molecule is COc1ccc(Cl)cc1CNCC1CCC(O)C1. The Bertz CT molecular complexity index is 397. The Hall–Kier alpha value is -0.770. The molecule has 1 saturated carbocycles. The zero-order chi connectivity index (χ0) is 13.0. The van der Waals surface area contributed by atoms with Crippen molar-refractivity contribution in [2.45, 2.75) is 31.9 Å². The van der Waals surface area contributed by atoms with Gasteiger partial charge in [-0.25, -0.2) is 0 Å². The largest absolute Gasteiger partial charge is 0.496 e. The summed E-state index contributed by atoms with van der Waals surface area (Å²) in [4.78, 5) is 0. The van der Waals surface area contributed by atoms with Crippen LogP contribution in [0.4, 0.5) is 0 Å². The third-order valence-electron chi connectivity index (χ3n) is 3.50. The summed E-state index contributed by atoms with van der Waals surface area (Å²) in [5, 5.41) is 13.6. The molecule has 18 heavy (non-hydrogen) atoms. The minimum Gasteiger partial charge on any atom is -0.496 e. The van der Waals surface area contributed by atoms with Gasteiger partial charge in [0.1, 0.15) is 5.75 Å². The van der Waals surface area contributed by atoms with E-state index in [-0.39, 0.29) is 6.10 Å². The zero-order valence-electron chi connectivity index (χ0n) is 10.7. The lowest BCUT2D eigenvalue weighted by molar-refractivity contribution is 0.177. The predicted molar refractivity (Wildman–Crippen MR) is 73.1 cm³/mol. The highest BCUT2D eigenvalue weighted by molar-refractivity contribution is 6.30. The third-order valence-corrected chi connectivity index (χ3v) is 3.74. The Morgan fingerprint density at radius 2 is 2.28 bits per heavy atom. The molecule has 1 aliphatic carbocycles. The van der Waals surface area contributed by atoms with Crippen molar-refractivity contribution in [3.8, 4) is 5.75 Å². The summed E-state index contributed by atoms with van der Waals surface area (Å²) in [5.41, 5.74) is 1.07. The van der Waals surface area contributed by atoms with Crippen LogP contribution in [-0.2, 0) is 6.54 Å². The van der Waals surface area contributed by atoms with Gasteiger partial charge in [0, 0.05) is 17.1 Å². The molecule has 1 fully saturated rings. The molecule has 0 radical (unpaired) electrons. The van der Waals surface area contributed by atoms with Crippen LogP contribution in [0.1, 0.15) is 24.8 Å². The molecule has 0 bridgehead atoms. The first-order valence-corrected chi connectivity index (χ1v) is 6.78. The van der Waals surface area contributed by atoms with Gasteiger partial charge in [-0.2, -0.15) is 0 Å². The number of hydrogen-bond acceptors (Lipinski definition) is 3. The van der Waals surface area contributed by atoms with Crippen LogP contribution in [-0.4, -0.2) is 24.9 Å². The zero-order valence-corrected chi connectivity index (χ0v) is 11.4. The molecule has 0 amide bonds. The van der Waals surface area contributed by atoms with Crippen LogP contribution in [0, 0.1) is 5.92 Å². The molecule has 1 aliphatic rings. The van der Waals surface area contributed by atoms with Gasteiger partial charge < -0.3 is 15.2 Å². The fraction of sp³-hybridized carbons (Fsp3) is 0.571. The number of benzene rings is 1. The molecule has 3 nitrogen and oxygen atoms in total. The number of rotatable bonds is 5. The van der Waals surface area contributed by atoms with Crippen molar-refractivity contribution in [1.82, 2.24) is 5.32 Å². The predicted octanol–water partition coefficient (Wildman–Crippen LogP) is 2.60. The van der Waals surface area contributed by atoms with Crippen molar-refractivity contribution in [3.63, 3.8) is 0 Å². The van der Waals surface area contributed by atoms with Gasteiger partial charge in [-0.05, 0) is 49.9 Å². The number of ether oxygens (including phenoxy) is 1. The minimum absolute atomic E-state index is 0.0995. The van der Waals surface area contributed by atoms with Crippen LogP contribution in [0.25, 0.3) is 0 Å². The molecule has 0 aromatic heterocycles. The Morgan fingerprint density at radius 3 is 2.94 bits per heavy atom. The van der Waals surface area contributed by atoms with Crippen LogP contribution < -0.4 is 10.1 Å². The number of aliphatic hydroxyl groups excluding tert-OH is 1. The Kier molecular flexibility index (Phi) is 4.87. The molecule has 0 aliphatic heterocycles. The fourth-order valence-electron chi connectivity index (χ4n) is 2.53.